The molecule has 0 fully saturated rings. The van der Waals surface area contributed by atoms with E-state index in [2.05, 4.69) is 4.98 Å². The van der Waals surface area contributed by atoms with Crippen LogP contribution in [0.3, 0.4) is 0 Å². The second-order valence-electron chi connectivity index (χ2n) is 4.12. The molecule has 6 heteroatoms. The fourth-order valence-corrected chi connectivity index (χ4v) is 1.75. The molecule has 0 amide bonds. The molecule has 0 unspecified atom stereocenters. The summed E-state index contributed by atoms with van der Waals surface area (Å²) < 4.78 is 43.4. The second-order valence-corrected chi connectivity index (χ2v) is 4.12. The molecule has 20 heavy (non-hydrogen) atoms. The number of nitrogen functional groups attached to an aromatic ring is 1. The summed E-state index contributed by atoms with van der Waals surface area (Å²) >= 11 is 0. The zero-order valence-electron chi connectivity index (χ0n) is 10.7. The number of halogens is 3. The number of aromatic nitrogens is 1. The van der Waals surface area contributed by atoms with Crippen molar-refractivity contribution >= 4 is 5.82 Å². The Morgan fingerprint density at radius 3 is 2.35 bits per heavy atom. The summed E-state index contributed by atoms with van der Waals surface area (Å²) in [5.41, 5.74) is 5.35. The van der Waals surface area contributed by atoms with Crippen LogP contribution in [-0.4, -0.2) is 11.6 Å². The lowest BCUT2D eigenvalue weighted by Gasteiger charge is -2.10. The highest BCUT2D eigenvalue weighted by Gasteiger charge is 2.31. The predicted octanol–water partition coefficient (Wildman–Crippen LogP) is 3.75. The number of alkyl halides is 3. The van der Waals surface area contributed by atoms with E-state index in [1.807, 2.05) is 6.92 Å². The summed E-state index contributed by atoms with van der Waals surface area (Å²) in [6, 6.07) is 8.44. The maximum absolute atomic E-state index is 12.7. The van der Waals surface area contributed by atoms with E-state index in [0.717, 1.165) is 12.1 Å². The molecule has 0 saturated carbocycles. The Morgan fingerprint density at radius 1 is 1.15 bits per heavy atom. The fourth-order valence-electron chi connectivity index (χ4n) is 1.75. The lowest BCUT2D eigenvalue weighted by atomic mass is 10.1. The zero-order chi connectivity index (χ0) is 14.8. The maximum Gasteiger partial charge on any atom is 0.416 e. The van der Waals surface area contributed by atoms with Crippen LogP contribution in [0.25, 0.3) is 11.3 Å². The van der Waals surface area contributed by atoms with Gasteiger partial charge in [-0.05, 0) is 43.3 Å². The van der Waals surface area contributed by atoms with Crippen LogP contribution in [0.5, 0.6) is 5.75 Å². The van der Waals surface area contributed by atoms with E-state index in [9.17, 15) is 13.2 Å². The third kappa shape index (κ3) is 3.20. The van der Waals surface area contributed by atoms with Gasteiger partial charge in [-0.15, -0.1) is 0 Å². The van der Waals surface area contributed by atoms with Gasteiger partial charge in [-0.1, -0.05) is 0 Å². The van der Waals surface area contributed by atoms with E-state index < -0.39 is 11.7 Å². The maximum atomic E-state index is 12.7. The number of nitrogens with two attached hydrogens (primary N) is 1. The van der Waals surface area contributed by atoms with Crippen LogP contribution in [0.15, 0.2) is 36.4 Å². The minimum Gasteiger partial charge on any atom is -0.494 e. The highest BCUT2D eigenvalue weighted by molar-refractivity contribution is 5.63. The third-order valence-electron chi connectivity index (χ3n) is 2.63. The van der Waals surface area contributed by atoms with Crippen LogP contribution < -0.4 is 10.5 Å². The molecule has 0 aliphatic heterocycles. The molecule has 0 aliphatic carbocycles. The zero-order valence-corrected chi connectivity index (χ0v) is 10.7. The molecule has 2 aromatic rings. The van der Waals surface area contributed by atoms with E-state index in [-0.39, 0.29) is 11.5 Å². The van der Waals surface area contributed by atoms with Gasteiger partial charge in [-0.3, -0.25) is 0 Å². The van der Waals surface area contributed by atoms with Gasteiger partial charge in [-0.2, -0.15) is 13.2 Å². The molecular weight excluding hydrogens is 269 g/mol. The van der Waals surface area contributed by atoms with Gasteiger partial charge >= 0.3 is 6.18 Å². The molecule has 2 rings (SSSR count). The number of benzene rings is 1. The summed E-state index contributed by atoms with van der Waals surface area (Å²) in [7, 11) is 0. The number of ether oxygens (including phenoxy) is 1. The lowest BCUT2D eigenvalue weighted by molar-refractivity contribution is -0.137. The molecule has 0 bridgehead atoms. The molecule has 0 atom stereocenters. The van der Waals surface area contributed by atoms with Gasteiger partial charge in [0.15, 0.2) is 0 Å². The first-order valence-electron chi connectivity index (χ1n) is 5.98. The van der Waals surface area contributed by atoms with Crippen LogP contribution in [0.1, 0.15) is 12.5 Å². The number of nitrogens with zero attached hydrogens (tertiary/aromatic N) is 1. The Bertz CT molecular complexity index is 594. The molecule has 1 aromatic heterocycles. The average molecular weight is 282 g/mol. The Labute approximate surface area is 114 Å². The van der Waals surface area contributed by atoms with E-state index in [1.54, 1.807) is 24.3 Å². The molecule has 0 spiro atoms. The standard InChI is InChI=1S/C14H13F3N2O/c1-2-20-11-5-3-9(4-6-11)12-7-10(14(15,16)17)8-13(18)19-12/h3-8H,2H2,1H3,(H2,18,19). The highest BCUT2D eigenvalue weighted by atomic mass is 19.4. The summed E-state index contributed by atoms with van der Waals surface area (Å²) in [6.45, 7) is 2.37. The Balaban J connectivity index is 2.39. The smallest absolute Gasteiger partial charge is 0.416 e. The molecule has 1 heterocycles. The molecule has 0 saturated heterocycles. The van der Waals surface area contributed by atoms with Gasteiger partial charge in [0.1, 0.15) is 11.6 Å². The number of hydrogen-bond acceptors (Lipinski definition) is 3. The molecule has 3 nitrogen and oxygen atoms in total. The SMILES string of the molecule is CCOc1ccc(-c2cc(C(F)(F)F)cc(N)n2)cc1. The van der Waals surface area contributed by atoms with Crippen molar-refractivity contribution in [1.29, 1.82) is 0 Å². The van der Waals surface area contributed by atoms with Crippen LogP contribution >= 0.6 is 0 Å². The second kappa shape index (κ2) is 5.40. The van der Waals surface area contributed by atoms with Gasteiger partial charge in [0.25, 0.3) is 0 Å². The van der Waals surface area contributed by atoms with Gasteiger partial charge in [0, 0.05) is 5.56 Å². The minimum atomic E-state index is -4.45. The van der Waals surface area contributed by atoms with Crippen molar-refractivity contribution in [3.05, 3.63) is 42.0 Å². The summed E-state index contributed by atoms with van der Waals surface area (Å²) in [6.07, 6.45) is -4.45. The topological polar surface area (TPSA) is 48.1 Å². The number of pyridine rings is 1. The molecule has 1 aromatic carbocycles. The predicted molar refractivity (Wildman–Crippen MR) is 70.3 cm³/mol. The van der Waals surface area contributed by atoms with Gasteiger partial charge in [0.05, 0.1) is 17.9 Å². The average Bonchev–Trinajstić information content (AvgIpc) is 2.38. The quantitative estimate of drug-likeness (QED) is 0.932. The first-order chi connectivity index (χ1) is 9.40. The van der Waals surface area contributed by atoms with Crippen molar-refractivity contribution in [2.45, 2.75) is 13.1 Å². The molecule has 0 aliphatic rings. The Morgan fingerprint density at radius 2 is 1.80 bits per heavy atom. The Hall–Kier alpha value is -2.24. The van der Waals surface area contributed by atoms with E-state index >= 15 is 0 Å². The minimum absolute atomic E-state index is 0.163. The Kier molecular flexibility index (Phi) is 3.83. The molecule has 0 radical (unpaired) electrons. The first-order valence-corrected chi connectivity index (χ1v) is 5.98. The van der Waals surface area contributed by atoms with E-state index in [0.29, 0.717) is 17.9 Å². The van der Waals surface area contributed by atoms with Crippen LogP contribution in [0.4, 0.5) is 19.0 Å². The van der Waals surface area contributed by atoms with Crippen LogP contribution in [0, 0.1) is 0 Å². The number of rotatable bonds is 3. The van der Waals surface area contributed by atoms with Crippen molar-refractivity contribution in [3.8, 4) is 17.0 Å². The highest BCUT2D eigenvalue weighted by Crippen LogP contribution is 2.33. The van der Waals surface area contributed by atoms with Crippen molar-refractivity contribution in [3.63, 3.8) is 0 Å². The van der Waals surface area contributed by atoms with Crippen molar-refractivity contribution in [1.82, 2.24) is 4.98 Å². The fraction of sp³-hybridized carbons (Fsp3) is 0.214. The number of hydrogen-bond donors (Lipinski definition) is 1. The van der Waals surface area contributed by atoms with Crippen molar-refractivity contribution < 1.29 is 17.9 Å². The van der Waals surface area contributed by atoms with Crippen LogP contribution in [0.2, 0.25) is 0 Å². The number of anilines is 1. The largest absolute Gasteiger partial charge is 0.494 e. The van der Waals surface area contributed by atoms with Gasteiger partial charge < -0.3 is 10.5 Å². The van der Waals surface area contributed by atoms with Gasteiger partial charge in [0.2, 0.25) is 0 Å². The van der Waals surface area contributed by atoms with Crippen molar-refractivity contribution in [2.24, 2.45) is 0 Å². The summed E-state index contributed by atoms with van der Waals surface area (Å²) in [4.78, 5) is 3.93. The normalized spacial score (nSPS) is 11.4. The van der Waals surface area contributed by atoms with Crippen molar-refractivity contribution in [2.75, 3.05) is 12.3 Å². The molecular formula is C14H13F3N2O. The van der Waals surface area contributed by atoms with E-state index in [1.165, 1.54) is 0 Å². The third-order valence-corrected chi connectivity index (χ3v) is 2.63. The first kappa shape index (κ1) is 14.2. The molecule has 106 valence electrons. The van der Waals surface area contributed by atoms with E-state index in [4.69, 9.17) is 10.5 Å². The lowest BCUT2D eigenvalue weighted by Crippen LogP contribution is -2.07. The van der Waals surface area contributed by atoms with Crippen LogP contribution in [-0.2, 0) is 6.18 Å². The monoisotopic (exact) mass is 282 g/mol. The molecule has 2 N–H and O–H groups in total. The summed E-state index contributed by atoms with van der Waals surface area (Å²) in [5.74, 6) is 0.486. The summed E-state index contributed by atoms with van der Waals surface area (Å²) in [5, 5.41) is 0. The van der Waals surface area contributed by atoms with Gasteiger partial charge in [-0.25, -0.2) is 4.98 Å².